The van der Waals surface area contributed by atoms with Crippen LogP contribution in [-0.4, -0.2) is 28.8 Å². The summed E-state index contributed by atoms with van der Waals surface area (Å²) < 4.78 is 0. The van der Waals surface area contributed by atoms with Gasteiger partial charge in [0.15, 0.2) is 0 Å². The van der Waals surface area contributed by atoms with Gasteiger partial charge in [0.1, 0.15) is 6.04 Å². The van der Waals surface area contributed by atoms with E-state index < -0.39 is 6.04 Å². The zero-order valence-electron chi connectivity index (χ0n) is 20.1. The molecule has 1 N–H and O–H groups in total. The second-order valence-corrected chi connectivity index (χ2v) is 10.3. The molecule has 3 aromatic carbocycles. The Kier molecular flexibility index (Phi) is 10.5. The fourth-order valence-electron chi connectivity index (χ4n) is 3.78. The quantitative estimate of drug-likeness (QED) is 0.278. The van der Waals surface area contributed by atoms with Crippen molar-refractivity contribution in [3.63, 3.8) is 0 Å². The Bertz CT molecular complexity index is 1180. The molecule has 2 unspecified atom stereocenters. The van der Waals surface area contributed by atoms with Gasteiger partial charge < -0.3 is 10.2 Å². The van der Waals surface area contributed by atoms with Gasteiger partial charge in [0, 0.05) is 39.1 Å². The molecule has 0 aliphatic rings. The second-order valence-electron chi connectivity index (χ2n) is 8.66. The largest absolute Gasteiger partial charge is 0.352 e. The summed E-state index contributed by atoms with van der Waals surface area (Å²) in [6, 6.07) is 19.0. The predicted molar refractivity (Wildman–Crippen MR) is 149 cm³/mol. The minimum atomic E-state index is -0.790. The van der Waals surface area contributed by atoms with E-state index in [4.69, 9.17) is 46.4 Å². The van der Waals surface area contributed by atoms with Gasteiger partial charge in [-0.15, -0.1) is 0 Å². The summed E-state index contributed by atoms with van der Waals surface area (Å²) in [6.07, 6.45) is 1.03. The number of hydrogen-bond acceptors (Lipinski definition) is 2. The highest BCUT2D eigenvalue weighted by Gasteiger charge is 2.32. The first-order valence-corrected chi connectivity index (χ1v) is 13.2. The van der Waals surface area contributed by atoms with Crippen molar-refractivity contribution < 1.29 is 9.59 Å². The molecule has 4 nitrogen and oxygen atoms in total. The molecule has 0 aliphatic carbocycles. The molecule has 0 fully saturated rings. The van der Waals surface area contributed by atoms with Crippen molar-refractivity contribution in [3.8, 4) is 0 Å². The molecule has 3 rings (SSSR count). The number of carbonyl (C=O) groups excluding carboxylic acids is 2. The smallest absolute Gasteiger partial charge is 0.243 e. The van der Waals surface area contributed by atoms with Crippen LogP contribution in [0, 0.1) is 0 Å². The fraction of sp³-hybridized carbons (Fsp3) is 0.286. The van der Waals surface area contributed by atoms with E-state index in [1.54, 1.807) is 41.3 Å². The number of rotatable bonds is 10. The lowest BCUT2D eigenvalue weighted by Gasteiger charge is -2.33. The normalized spacial score (nSPS) is 12.6. The van der Waals surface area contributed by atoms with Gasteiger partial charge in [-0.2, -0.15) is 0 Å². The molecular formula is C28H28Cl4N2O2. The lowest BCUT2D eigenvalue weighted by molar-refractivity contribution is -0.141. The Morgan fingerprint density at radius 3 is 2.17 bits per heavy atom. The lowest BCUT2D eigenvalue weighted by Crippen LogP contribution is -2.52. The molecule has 0 radical (unpaired) electrons. The molecule has 0 aromatic heterocycles. The van der Waals surface area contributed by atoms with Crippen molar-refractivity contribution in [1.82, 2.24) is 10.2 Å². The van der Waals surface area contributed by atoms with E-state index in [0.29, 0.717) is 37.6 Å². The first kappa shape index (κ1) is 28.3. The molecule has 0 saturated heterocycles. The van der Waals surface area contributed by atoms with Crippen molar-refractivity contribution in [2.24, 2.45) is 0 Å². The summed E-state index contributed by atoms with van der Waals surface area (Å²) >= 11 is 25.3. The second kappa shape index (κ2) is 13.3. The number of carbonyl (C=O) groups is 2. The van der Waals surface area contributed by atoms with Crippen LogP contribution in [0.3, 0.4) is 0 Å². The van der Waals surface area contributed by atoms with Crippen LogP contribution in [0.4, 0.5) is 0 Å². The summed E-state index contributed by atoms with van der Waals surface area (Å²) in [5.41, 5.74) is 2.12. The molecule has 0 bridgehead atoms. The molecule has 2 atom stereocenters. The van der Waals surface area contributed by atoms with Crippen LogP contribution in [-0.2, 0) is 29.0 Å². The average molecular weight is 566 g/mol. The van der Waals surface area contributed by atoms with E-state index in [-0.39, 0.29) is 30.8 Å². The number of amides is 2. The molecule has 8 heteroatoms. The molecule has 0 spiro atoms. The van der Waals surface area contributed by atoms with E-state index in [1.165, 1.54) is 0 Å². The maximum absolute atomic E-state index is 13.9. The van der Waals surface area contributed by atoms with Gasteiger partial charge in [0.2, 0.25) is 11.8 Å². The highest BCUT2D eigenvalue weighted by Crippen LogP contribution is 2.28. The molecule has 0 saturated carbocycles. The van der Waals surface area contributed by atoms with Crippen LogP contribution in [0.5, 0.6) is 0 Å². The zero-order chi connectivity index (χ0) is 26.2. The van der Waals surface area contributed by atoms with Crippen LogP contribution >= 0.6 is 46.4 Å². The van der Waals surface area contributed by atoms with Gasteiger partial charge in [-0.3, -0.25) is 9.59 Å². The molecule has 36 heavy (non-hydrogen) atoms. The van der Waals surface area contributed by atoms with E-state index >= 15 is 0 Å². The van der Waals surface area contributed by atoms with Crippen molar-refractivity contribution in [1.29, 1.82) is 0 Å². The SMILES string of the molecule is CCC(C)NC(=O)C(Cc1ccccc1)N(Cc1ccc(Cl)cc1Cl)C(=O)Cc1c(Cl)cccc1Cl. The molecular weight excluding hydrogens is 538 g/mol. The molecule has 2 amide bonds. The monoisotopic (exact) mass is 564 g/mol. The van der Waals surface area contributed by atoms with E-state index in [1.807, 2.05) is 44.2 Å². The van der Waals surface area contributed by atoms with Gasteiger partial charge in [-0.05, 0) is 54.3 Å². The van der Waals surface area contributed by atoms with Crippen molar-refractivity contribution >= 4 is 58.2 Å². The summed E-state index contributed by atoms with van der Waals surface area (Å²) in [5, 5.41) is 4.73. The maximum Gasteiger partial charge on any atom is 0.243 e. The number of hydrogen-bond donors (Lipinski definition) is 1. The third-order valence-corrected chi connectivity index (χ3v) is 7.31. The predicted octanol–water partition coefficient (Wildman–Crippen LogP) is 7.40. The molecule has 0 aliphatic heterocycles. The van der Waals surface area contributed by atoms with Gasteiger partial charge >= 0.3 is 0 Å². The average Bonchev–Trinajstić information content (AvgIpc) is 2.85. The Morgan fingerprint density at radius 2 is 1.56 bits per heavy atom. The summed E-state index contributed by atoms with van der Waals surface area (Å²) in [7, 11) is 0. The standard InChI is InChI=1S/C28H28Cl4N2O2/c1-3-18(2)33-28(36)26(14-19-8-5-4-6-9-19)34(17-20-12-13-21(29)15-25(20)32)27(35)16-22-23(30)10-7-11-24(22)31/h4-13,15,18,26H,3,14,16-17H2,1-2H3,(H,33,36). The first-order valence-electron chi connectivity index (χ1n) is 11.7. The summed E-state index contributed by atoms with van der Waals surface area (Å²) in [5.74, 6) is -0.534. The number of halogens is 4. The van der Waals surface area contributed by atoms with E-state index in [0.717, 1.165) is 12.0 Å². The van der Waals surface area contributed by atoms with Crippen LogP contribution < -0.4 is 5.32 Å². The highest BCUT2D eigenvalue weighted by molar-refractivity contribution is 6.36. The topological polar surface area (TPSA) is 49.4 Å². The molecule has 190 valence electrons. The summed E-state index contributed by atoms with van der Waals surface area (Å²) in [4.78, 5) is 29.0. The number of nitrogens with zero attached hydrogens (tertiary/aromatic N) is 1. The van der Waals surface area contributed by atoms with Crippen molar-refractivity contribution in [2.75, 3.05) is 0 Å². The van der Waals surface area contributed by atoms with Crippen molar-refractivity contribution in [3.05, 3.63) is 104 Å². The summed E-state index contributed by atoms with van der Waals surface area (Å²) in [6.45, 7) is 4.04. The number of benzene rings is 3. The minimum Gasteiger partial charge on any atom is -0.352 e. The number of nitrogens with one attached hydrogen (secondary N) is 1. The van der Waals surface area contributed by atoms with E-state index in [2.05, 4.69) is 5.32 Å². The first-order chi connectivity index (χ1) is 17.2. The Balaban J connectivity index is 2.04. The Hall–Kier alpha value is -2.24. The lowest BCUT2D eigenvalue weighted by atomic mass is 10.0. The van der Waals surface area contributed by atoms with Gasteiger partial charge in [0.25, 0.3) is 0 Å². The third-order valence-electron chi connectivity index (χ3n) is 6.02. The van der Waals surface area contributed by atoms with Crippen LogP contribution in [0.1, 0.15) is 37.0 Å². The van der Waals surface area contributed by atoms with Crippen LogP contribution in [0.15, 0.2) is 66.7 Å². The molecule has 0 heterocycles. The Morgan fingerprint density at radius 1 is 0.889 bits per heavy atom. The van der Waals surface area contributed by atoms with Crippen molar-refractivity contribution in [2.45, 2.75) is 51.7 Å². The van der Waals surface area contributed by atoms with Crippen LogP contribution in [0.2, 0.25) is 20.1 Å². The van der Waals surface area contributed by atoms with E-state index in [9.17, 15) is 9.59 Å². The maximum atomic E-state index is 13.9. The third kappa shape index (κ3) is 7.63. The molecule has 3 aromatic rings. The van der Waals surface area contributed by atoms with Crippen LogP contribution in [0.25, 0.3) is 0 Å². The Labute approximate surface area is 232 Å². The van der Waals surface area contributed by atoms with Gasteiger partial charge in [0.05, 0.1) is 6.42 Å². The highest BCUT2D eigenvalue weighted by atomic mass is 35.5. The zero-order valence-corrected chi connectivity index (χ0v) is 23.1. The van der Waals surface area contributed by atoms with Gasteiger partial charge in [-0.25, -0.2) is 0 Å². The van der Waals surface area contributed by atoms with Gasteiger partial charge in [-0.1, -0.05) is 95.8 Å². The minimum absolute atomic E-state index is 0.0511. The fourth-order valence-corrected chi connectivity index (χ4v) is 4.78.